The van der Waals surface area contributed by atoms with E-state index in [-0.39, 0.29) is 11.3 Å². The van der Waals surface area contributed by atoms with Crippen LogP contribution in [0, 0.1) is 0 Å². The zero-order valence-corrected chi connectivity index (χ0v) is 16.6. The first-order valence-corrected chi connectivity index (χ1v) is 9.77. The summed E-state index contributed by atoms with van der Waals surface area (Å²) in [7, 11) is 0. The summed E-state index contributed by atoms with van der Waals surface area (Å²) in [6.07, 6.45) is 0.445. The molecule has 1 atom stereocenters. The van der Waals surface area contributed by atoms with Crippen LogP contribution in [0.3, 0.4) is 0 Å². The average molecular weight is 398 g/mol. The Balaban J connectivity index is 1.75. The van der Waals surface area contributed by atoms with Gasteiger partial charge in [-0.3, -0.25) is 5.43 Å². The second kappa shape index (κ2) is 8.66. The van der Waals surface area contributed by atoms with E-state index in [0.29, 0.717) is 17.4 Å². The fourth-order valence-electron chi connectivity index (χ4n) is 3.54. The highest BCUT2D eigenvalue weighted by atomic mass is 16.4. The van der Waals surface area contributed by atoms with Gasteiger partial charge in [-0.15, -0.1) is 0 Å². The van der Waals surface area contributed by atoms with Crippen molar-refractivity contribution in [1.29, 1.82) is 0 Å². The lowest BCUT2D eigenvalue weighted by molar-refractivity contribution is 0.452. The molecule has 0 aliphatic rings. The third-order valence-electron chi connectivity index (χ3n) is 5.02. The lowest BCUT2D eigenvalue weighted by atomic mass is 9.87. The molecule has 5 nitrogen and oxygen atoms in total. The number of hydrogen-bond donors (Lipinski definition) is 2. The van der Waals surface area contributed by atoms with Crippen molar-refractivity contribution in [3.8, 4) is 5.75 Å². The van der Waals surface area contributed by atoms with Crippen LogP contribution >= 0.6 is 0 Å². The zero-order chi connectivity index (χ0) is 20.9. The predicted molar refractivity (Wildman–Crippen MR) is 120 cm³/mol. The van der Waals surface area contributed by atoms with Gasteiger partial charge in [0.2, 0.25) is 0 Å². The SMILES string of the molecule is CC(CC(c1ccccc1)c1c(O)c2ccccc2oc1=O)=NNc1ccccc1. The van der Waals surface area contributed by atoms with E-state index >= 15 is 0 Å². The molecule has 1 aromatic heterocycles. The first-order chi connectivity index (χ1) is 14.6. The standard InChI is InChI=1S/C25H22N2O3/c1-17(26-27-19-12-6-3-7-13-19)16-21(18-10-4-2-5-11-18)23-24(28)20-14-8-9-15-22(20)30-25(23)29/h2-15,21,27-28H,16H2,1H3. The fraction of sp³-hybridized carbons (Fsp3) is 0.120. The Bertz CT molecular complexity index is 1230. The van der Waals surface area contributed by atoms with E-state index in [1.165, 1.54) is 0 Å². The lowest BCUT2D eigenvalue weighted by Crippen LogP contribution is -2.17. The molecule has 0 aliphatic heterocycles. The molecule has 0 bridgehead atoms. The number of anilines is 1. The Hall–Kier alpha value is -3.86. The number of para-hydroxylation sites is 2. The van der Waals surface area contributed by atoms with Gasteiger partial charge in [-0.05, 0) is 43.2 Å². The van der Waals surface area contributed by atoms with Gasteiger partial charge in [0, 0.05) is 11.6 Å². The molecule has 1 unspecified atom stereocenters. The molecule has 5 heteroatoms. The third kappa shape index (κ3) is 4.10. The van der Waals surface area contributed by atoms with Crippen molar-refractivity contribution >= 4 is 22.4 Å². The van der Waals surface area contributed by atoms with Crippen molar-refractivity contribution in [3.63, 3.8) is 0 Å². The summed E-state index contributed by atoms with van der Waals surface area (Å²) in [4.78, 5) is 12.8. The second-order valence-corrected chi connectivity index (χ2v) is 7.14. The Labute approximate surface area is 174 Å². The molecule has 150 valence electrons. The molecule has 0 amide bonds. The van der Waals surface area contributed by atoms with Gasteiger partial charge >= 0.3 is 5.63 Å². The molecule has 0 radical (unpaired) electrons. The summed E-state index contributed by atoms with van der Waals surface area (Å²) < 4.78 is 5.52. The van der Waals surface area contributed by atoms with E-state index in [2.05, 4.69) is 10.5 Å². The first kappa shape index (κ1) is 19.5. The van der Waals surface area contributed by atoms with Crippen LogP contribution in [-0.4, -0.2) is 10.8 Å². The summed E-state index contributed by atoms with van der Waals surface area (Å²) in [5.74, 6) is -0.437. The van der Waals surface area contributed by atoms with Crippen molar-refractivity contribution in [1.82, 2.24) is 0 Å². The minimum Gasteiger partial charge on any atom is -0.507 e. The minimum atomic E-state index is -0.538. The van der Waals surface area contributed by atoms with Crippen LogP contribution < -0.4 is 11.1 Å². The van der Waals surface area contributed by atoms with E-state index in [1.807, 2.05) is 67.6 Å². The maximum absolute atomic E-state index is 12.8. The molecule has 0 spiro atoms. The van der Waals surface area contributed by atoms with Crippen LogP contribution in [0.25, 0.3) is 11.0 Å². The van der Waals surface area contributed by atoms with Crippen molar-refractivity contribution in [3.05, 3.63) is 106 Å². The largest absolute Gasteiger partial charge is 0.507 e. The number of nitrogens with zero attached hydrogens (tertiary/aromatic N) is 1. The van der Waals surface area contributed by atoms with E-state index in [9.17, 15) is 9.90 Å². The van der Waals surface area contributed by atoms with Gasteiger partial charge in [-0.1, -0.05) is 60.7 Å². The number of hydrazone groups is 1. The summed E-state index contributed by atoms with van der Waals surface area (Å²) in [6.45, 7) is 1.89. The van der Waals surface area contributed by atoms with Crippen LogP contribution in [-0.2, 0) is 0 Å². The van der Waals surface area contributed by atoms with E-state index in [4.69, 9.17) is 4.42 Å². The third-order valence-corrected chi connectivity index (χ3v) is 5.02. The monoisotopic (exact) mass is 398 g/mol. The summed E-state index contributed by atoms with van der Waals surface area (Å²) in [5, 5.41) is 15.9. The molecule has 2 N–H and O–H groups in total. The quantitative estimate of drug-likeness (QED) is 0.255. The number of benzene rings is 3. The molecular weight excluding hydrogens is 376 g/mol. The minimum absolute atomic E-state index is 0.0421. The topological polar surface area (TPSA) is 74.8 Å². The Morgan fingerprint density at radius 2 is 1.60 bits per heavy atom. The van der Waals surface area contributed by atoms with Crippen molar-refractivity contribution in [2.24, 2.45) is 5.10 Å². The van der Waals surface area contributed by atoms with Gasteiger partial charge in [0.15, 0.2) is 0 Å². The normalized spacial score (nSPS) is 12.6. The van der Waals surface area contributed by atoms with Gasteiger partial charge in [0.1, 0.15) is 11.3 Å². The van der Waals surface area contributed by atoms with Gasteiger partial charge < -0.3 is 9.52 Å². The smallest absolute Gasteiger partial charge is 0.343 e. The van der Waals surface area contributed by atoms with Crippen LogP contribution in [0.4, 0.5) is 5.69 Å². The Kier molecular flexibility index (Phi) is 5.61. The van der Waals surface area contributed by atoms with E-state index < -0.39 is 11.5 Å². The highest BCUT2D eigenvalue weighted by molar-refractivity contribution is 5.86. The van der Waals surface area contributed by atoms with Gasteiger partial charge in [0.05, 0.1) is 16.6 Å². The highest BCUT2D eigenvalue weighted by Gasteiger charge is 2.25. The summed E-state index contributed by atoms with van der Waals surface area (Å²) >= 11 is 0. The van der Waals surface area contributed by atoms with Crippen LogP contribution in [0.15, 0.2) is 99.2 Å². The maximum Gasteiger partial charge on any atom is 0.343 e. The number of hydrogen-bond acceptors (Lipinski definition) is 5. The van der Waals surface area contributed by atoms with Crippen molar-refractivity contribution < 1.29 is 9.52 Å². The number of rotatable bonds is 6. The molecule has 4 rings (SSSR count). The molecule has 4 aromatic rings. The fourth-order valence-corrected chi connectivity index (χ4v) is 3.54. The van der Waals surface area contributed by atoms with Crippen molar-refractivity contribution in [2.45, 2.75) is 19.3 Å². The van der Waals surface area contributed by atoms with Gasteiger partial charge in [-0.25, -0.2) is 4.79 Å². The predicted octanol–water partition coefficient (Wildman–Crippen LogP) is 5.51. The molecule has 0 saturated heterocycles. The lowest BCUT2D eigenvalue weighted by Gasteiger charge is -2.18. The molecule has 1 heterocycles. The number of aromatic hydroxyl groups is 1. The van der Waals surface area contributed by atoms with Gasteiger partial charge in [0.25, 0.3) is 0 Å². The van der Waals surface area contributed by atoms with Crippen LogP contribution in [0.5, 0.6) is 5.75 Å². The molecule has 0 saturated carbocycles. The number of nitrogens with one attached hydrogen (secondary N) is 1. The second-order valence-electron chi connectivity index (χ2n) is 7.14. The number of fused-ring (bicyclic) bond motifs is 1. The highest BCUT2D eigenvalue weighted by Crippen LogP contribution is 2.36. The van der Waals surface area contributed by atoms with Crippen molar-refractivity contribution in [2.75, 3.05) is 5.43 Å². The molecule has 30 heavy (non-hydrogen) atoms. The van der Waals surface area contributed by atoms with Crippen LogP contribution in [0.2, 0.25) is 0 Å². The average Bonchev–Trinajstić information content (AvgIpc) is 2.78. The summed E-state index contributed by atoms with van der Waals surface area (Å²) in [5.41, 5.74) is 5.68. The molecule has 0 aliphatic carbocycles. The van der Waals surface area contributed by atoms with Crippen LogP contribution in [0.1, 0.15) is 30.4 Å². The first-order valence-electron chi connectivity index (χ1n) is 9.77. The zero-order valence-electron chi connectivity index (χ0n) is 16.6. The van der Waals surface area contributed by atoms with E-state index in [1.54, 1.807) is 24.3 Å². The Morgan fingerprint density at radius 1 is 0.967 bits per heavy atom. The summed E-state index contributed by atoms with van der Waals surface area (Å²) in [6, 6.07) is 26.3. The van der Waals surface area contributed by atoms with Gasteiger partial charge in [-0.2, -0.15) is 5.10 Å². The Morgan fingerprint density at radius 3 is 2.33 bits per heavy atom. The molecule has 0 fully saturated rings. The van der Waals surface area contributed by atoms with E-state index in [0.717, 1.165) is 17.0 Å². The molecular formula is C25H22N2O3. The maximum atomic E-state index is 12.8. The molecule has 3 aromatic carbocycles.